The van der Waals surface area contributed by atoms with Gasteiger partial charge in [0.05, 0.1) is 9.83 Å². The van der Waals surface area contributed by atoms with Gasteiger partial charge in [0.2, 0.25) is 5.12 Å². The maximum Gasteiger partial charge on any atom is 0.269 e. The number of carbonyl (C=O) groups excluding carboxylic acids is 1. The van der Waals surface area contributed by atoms with Crippen molar-refractivity contribution < 1.29 is 14.5 Å². The molecule has 1 aliphatic rings. The topological polar surface area (TPSA) is 69.4 Å². The van der Waals surface area contributed by atoms with Crippen LogP contribution in [0.25, 0.3) is 0 Å². The molecule has 5 nitrogen and oxygen atoms in total. The Morgan fingerprint density at radius 3 is 2.47 bits per heavy atom. The zero-order chi connectivity index (χ0) is 12.3. The summed E-state index contributed by atoms with van der Waals surface area (Å²) in [6.45, 7) is 0. The van der Waals surface area contributed by atoms with Gasteiger partial charge in [0.1, 0.15) is 12.0 Å². The molecule has 17 heavy (non-hydrogen) atoms. The van der Waals surface area contributed by atoms with Gasteiger partial charge in [-0.2, -0.15) is 0 Å². The zero-order valence-electron chi connectivity index (χ0n) is 8.53. The number of hydrogen-bond donors (Lipinski definition) is 0. The van der Waals surface area contributed by atoms with E-state index in [1.54, 1.807) is 6.08 Å². The quantitative estimate of drug-likeness (QED) is 0.468. The lowest BCUT2D eigenvalue weighted by molar-refractivity contribution is -0.384. The van der Waals surface area contributed by atoms with Gasteiger partial charge < -0.3 is 4.74 Å². The molecule has 0 aliphatic carbocycles. The van der Waals surface area contributed by atoms with E-state index in [0.717, 1.165) is 11.8 Å². The van der Waals surface area contributed by atoms with Crippen molar-refractivity contribution in [1.82, 2.24) is 0 Å². The Balaban J connectivity index is 2.02. The Kier molecular flexibility index (Phi) is 3.24. The van der Waals surface area contributed by atoms with Gasteiger partial charge in [-0.15, -0.1) is 0 Å². The first-order valence-corrected chi connectivity index (χ1v) is 5.48. The molecule has 0 radical (unpaired) electrons. The average Bonchev–Trinajstić information content (AvgIpc) is 2.73. The summed E-state index contributed by atoms with van der Waals surface area (Å²) in [6.07, 6.45) is 4.54. The number of thioether (sulfide) groups is 1. The summed E-state index contributed by atoms with van der Waals surface area (Å²) in [5.41, 5.74) is 0.00955. The zero-order valence-corrected chi connectivity index (χ0v) is 9.35. The van der Waals surface area contributed by atoms with Crippen molar-refractivity contribution in [2.45, 2.75) is 0 Å². The molecule has 0 amide bonds. The van der Waals surface area contributed by atoms with E-state index in [0.29, 0.717) is 10.7 Å². The first-order valence-electron chi connectivity index (χ1n) is 4.66. The van der Waals surface area contributed by atoms with Crippen LogP contribution in [0.15, 0.2) is 47.6 Å². The second kappa shape index (κ2) is 4.84. The highest BCUT2D eigenvalue weighted by Gasteiger charge is 2.09. The van der Waals surface area contributed by atoms with Crippen molar-refractivity contribution in [1.29, 1.82) is 0 Å². The number of nitrogens with zero attached hydrogens (tertiary/aromatic N) is 1. The highest BCUT2D eigenvalue weighted by molar-refractivity contribution is 8.17. The van der Waals surface area contributed by atoms with Crippen LogP contribution in [-0.4, -0.2) is 10.0 Å². The predicted octanol–water partition coefficient (Wildman–Crippen LogP) is 2.64. The van der Waals surface area contributed by atoms with Crippen molar-refractivity contribution in [3.63, 3.8) is 0 Å². The monoisotopic (exact) mass is 249 g/mol. The summed E-state index contributed by atoms with van der Waals surface area (Å²) in [5.74, 6) is 0.483. The fourth-order valence-corrected chi connectivity index (χ4v) is 1.77. The van der Waals surface area contributed by atoms with Crippen LogP contribution in [0.1, 0.15) is 0 Å². The van der Waals surface area contributed by atoms with E-state index < -0.39 is 4.92 Å². The van der Waals surface area contributed by atoms with Crippen molar-refractivity contribution in [3.05, 3.63) is 57.7 Å². The molecule has 1 aromatic rings. The van der Waals surface area contributed by atoms with Gasteiger partial charge in [-0.1, -0.05) is 0 Å². The molecule has 0 atom stereocenters. The average molecular weight is 249 g/mol. The van der Waals surface area contributed by atoms with Crippen LogP contribution in [0, 0.1) is 10.1 Å². The number of non-ortho nitro benzene ring substituents is 1. The Morgan fingerprint density at radius 2 is 1.94 bits per heavy atom. The molecule has 0 spiro atoms. The van der Waals surface area contributed by atoms with E-state index in [2.05, 4.69) is 0 Å². The van der Waals surface area contributed by atoms with Crippen LogP contribution in [-0.2, 0) is 4.79 Å². The number of nitro groups is 1. The van der Waals surface area contributed by atoms with Gasteiger partial charge in [-0.3, -0.25) is 14.9 Å². The van der Waals surface area contributed by atoms with E-state index in [1.165, 1.54) is 36.6 Å². The number of benzene rings is 1. The number of ether oxygens (including phenoxy) is 1. The predicted molar refractivity (Wildman–Crippen MR) is 63.5 cm³/mol. The van der Waals surface area contributed by atoms with Crippen molar-refractivity contribution in [2.24, 2.45) is 0 Å². The number of rotatable bonds is 3. The van der Waals surface area contributed by atoms with E-state index in [9.17, 15) is 14.9 Å². The molecule has 0 bridgehead atoms. The van der Waals surface area contributed by atoms with Gasteiger partial charge >= 0.3 is 0 Å². The normalized spacial score (nSPS) is 16.5. The van der Waals surface area contributed by atoms with Crippen molar-refractivity contribution in [3.8, 4) is 5.75 Å². The summed E-state index contributed by atoms with van der Waals surface area (Å²) in [4.78, 5) is 21.5. The number of hydrogen-bond acceptors (Lipinski definition) is 5. The Hall–Kier alpha value is -2.08. The number of carbonyl (C=O) groups is 1. The molecule has 86 valence electrons. The Morgan fingerprint density at radius 1 is 1.24 bits per heavy atom. The van der Waals surface area contributed by atoms with Crippen LogP contribution < -0.4 is 4.74 Å². The maximum absolute atomic E-state index is 10.9. The molecule has 0 N–H and O–H groups in total. The molecule has 1 aliphatic heterocycles. The van der Waals surface area contributed by atoms with E-state index in [1.807, 2.05) is 0 Å². The largest absolute Gasteiger partial charge is 0.464 e. The fraction of sp³-hybridized carbons (Fsp3) is 0. The molecule has 1 aromatic carbocycles. The minimum atomic E-state index is -0.476. The van der Waals surface area contributed by atoms with Gasteiger partial charge in [0.15, 0.2) is 0 Å². The highest BCUT2D eigenvalue weighted by atomic mass is 32.2. The third-order valence-corrected chi connectivity index (χ3v) is 2.77. The van der Waals surface area contributed by atoms with Crippen LogP contribution in [0.5, 0.6) is 5.75 Å². The third-order valence-electron chi connectivity index (χ3n) is 1.96. The Bertz CT molecular complexity index is 519. The summed E-state index contributed by atoms with van der Waals surface area (Å²) in [7, 11) is 0. The lowest BCUT2D eigenvalue weighted by Crippen LogP contribution is -1.88. The van der Waals surface area contributed by atoms with Gasteiger partial charge in [0, 0.05) is 12.1 Å². The van der Waals surface area contributed by atoms with Crippen LogP contribution in [0.2, 0.25) is 0 Å². The first-order chi connectivity index (χ1) is 8.15. The number of allylic oxidation sites excluding steroid dienone is 1. The summed E-state index contributed by atoms with van der Waals surface area (Å²) in [5, 5.41) is 10.4. The lowest BCUT2D eigenvalue weighted by Gasteiger charge is -2.00. The van der Waals surface area contributed by atoms with Gasteiger partial charge in [-0.05, 0) is 36.0 Å². The maximum atomic E-state index is 10.9. The SMILES string of the molecule is O=C1C=CC(=COc2ccc([N+](=O)[O-])cc2)S1. The second-order valence-electron chi connectivity index (χ2n) is 3.14. The van der Waals surface area contributed by atoms with E-state index >= 15 is 0 Å². The van der Waals surface area contributed by atoms with Crippen LogP contribution in [0.4, 0.5) is 5.69 Å². The second-order valence-corrected chi connectivity index (χ2v) is 4.22. The lowest BCUT2D eigenvalue weighted by atomic mass is 10.3. The molecular weight excluding hydrogens is 242 g/mol. The molecule has 0 aromatic heterocycles. The summed E-state index contributed by atoms with van der Waals surface area (Å²) < 4.78 is 5.26. The molecule has 0 fully saturated rings. The molecular formula is C11H7NO4S. The van der Waals surface area contributed by atoms with Crippen LogP contribution in [0.3, 0.4) is 0 Å². The molecule has 0 saturated heterocycles. The standard InChI is InChI=1S/C11H7NO4S/c13-11-6-5-10(17-11)7-16-9-3-1-8(2-4-9)12(14)15/h1-7H. The number of nitro benzene ring substituents is 1. The van der Waals surface area contributed by atoms with Gasteiger partial charge in [-0.25, -0.2) is 0 Å². The Labute approximate surface area is 101 Å². The van der Waals surface area contributed by atoms with Crippen molar-refractivity contribution >= 4 is 22.6 Å². The smallest absolute Gasteiger partial charge is 0.269 e. The minimum Gasteiger partial charge on any atom is -0.464 e. The fourth-order valence-electron chi connectivity index (χ4n) is 1.17. The highest BCUT2D eigenvalue weighted by Crippen LogP contribution is 2.26. The van der Waals surface area contributed by atoms with E-state index in [-0.39, 0.29) is 10.8 Å². The molecule has 0 unspecified atom stereocenters. The van der Waals surface area contributed by atoms with Crippen molar-refractivity contribution in [2.75, 3.05) is 0 Å². The van der Waals surface area contributed by atoms with Gasteiger partial charge in [0.25, 0.3) is 5.69 Å². The molecule has 6 heteroatoms. The summed E-state index contributed by atoms with van der Waals surface area (Å²) >= 11 is 1.07. The van der Waals surface area contributed by atoms with Crippen LogP contribution >= 0.6 is 11.8 Å². The minimum absolute atomic E-state index is 0.00955. The first kappa shape index (κ1) is 11.4. The third kappa shape index (κ3) is 2.94. The molecule has 1 heterocycles. The molecule has 0 saturated carbocycles. The van der Waals surface area contributed by atoms with E-state index in [4.69, 9.17) is 4.74 Å². The molecule has 2 rings (SSSR count). The summed E-state index contributed by atoms with van der Waals surface area (Å²) in [6, 6.07) is 5.72.